The predicted molar refractivity (Wildman–Crippen MR) is 106 cm³/mol. The number of para-hydroxylation sites is 1. The van der Waals surface area contributed by atoms with Crippen LogP contribution in [0.25, 0.3) is 0 Å². The highest BCUT2D eigenvalue weighted by molar-refractivity contribution is 6.14. The van der Waals surface area contributed by atoms with Crippen LogP contribution in [0, 0.1) is 29.6 Å². The Kier molecular flexibility index (Phi) is 4.48. The van der Waals surface area contributed by atoms with Gasteiger partial charge in [-0.2, -0.15) is 0 Å². The SMILES string of the molecule is CCOC(=O)[C@@H]1C(=O)[C@@H]2[C@H](C=C(C=O)[C@@H](C)[C@]23C(=O)N(C)c2ccccc23)[C@H]1C. The van der Waals surface area contributed by atoms with Crippen LogP contribution in [0.3, 0.4) is 0 Å². The van der Waals surface area contributed by atoms with E-state index in [1.165, 1.54) is 0 Å². The first-order valence-electron chi connectivity index (χ1n) is 10.1. The maximum Gasteiger partial charge on any atom is 0.316 e. The highest BCUT2D eigenvalue weighted by Gasteiger charge is 2.68. The van der Waals surface area contributed by atoms with Crippen molar-refractivity contribution in [3.05, 3.63) is 41.5 Å². The number of carbonyl (C=O) groups is 4. The number of likely N-dealkylation sites (N-methyl/N-ethyl adjacent to an activating group) is 1. The maximum absolute atomic E-state index is 13.7. The molecule has 152 valence electrons. The molecule has 1 aliphatic heterocycles. The van der Waals surface area contributed by atoms with Gasteiger partial charge in [0, 0.05) is 24.6 Å². The van der Waals surface area contributed by atoms with E-state index in [9.17, 15) is 19.2 Å². The van der Waals surface area contributed by atoms with Gasteiger partial charge in [-0.1, -0.05) is 38.1 Å². The summed E-state index contributed by atoms with van der Waals surface area (Å²) in [6.45, 7) is 5.56. The van der Waals surface area contributed by atoms with Crippen molar-refractivity contribution in [2.75, 3.05) is 18.6 Å². The number of hydrogen-bond acceptors (Lipinski definition) is 5. The zero-order chi connectivity index (χ0) is 21.1. The second kappa shape index (κ2) is 6.65. The summed E-state index contributed by atoms with van der Waals surface area (Å²) >= 11 is 0. The van der Waals surface area contributed by atoms with Crippen LogP contribution in [-0.4, -0.2) is 37.6 Å². The number of esters is 1. The normalized spacial score (nSPS) is 35.4. The Labute approximate surface area is 169 Å². The van der Waals surface area contributed by atoms with Crippen molar-refractivity contribution >= 4 is 29.6 Å². The van der Waals surface area contributed by atoms with Crippen LogP contribution in [0.2, 0.25) is 0 Å². The fourth-order valence-electron chi connectivity index (χ4n) is 5.88. The molecule has 29 heavy (non-hydrogen) atoms. The highest BCUT2D eigenvalue weighted by Crippen LogP contribution is 2.61. The molecule has 1 saturated carbocycles. The number of rotatable bonds is 3. The Balaban J connectivity index is 1.97. The molecular formula is C23H25NO5. The molecule has 6 atom stereocenters. The number of ether oxygens (including phenoxy) is 1. The first-order chi connectivity index (χ1) is 13.8. The Morgan fingerprint density at radius 1 is 1.24 bits per heavy atom. The highest BCUT2D eigenvalue weighted by atomic mass is 16.5. The largest absolute Gasteiger partial charge is 0.465 e. The van der Waals surface area contributed by atoms with E-state index in [0.29, 0.717) is 5.57 Å². The molecule has 1 spiro atoms. The summed E-state index contributed by atoms with van der Waals surface area (Å²) in [5.74, 6) is -3.83. The molecule has 2 aliphatic carbocycles. The Morgan fingerprint density at radius 2 is 1.93 bits per heavy atom. The summed E-state index contributed by atoms with van der Waals surface area (Å²) < 4.78 is 5.18. The molecule has 0 bridgehead atoms. The van der Waals surface area contributed by atoms with Crippen molar-refractivity contribution in [1.82, 2.24) is 0 Å². The third-order valence-electron chi connectivity index (χ3n) is 7.24. The van der Waals surface area contributed by atoms with Crippen molar-refractivity contribution in [3.8, 4) is 0 Å². The van der Waals surface area contributed by atoms with Gasteiger partial charge in [0.05, 0.1) is 12.0 Å². The van der Waals surface area contributed by atoms with Crippen molar-refractivity contribution in [1.29, 1.82) is 0 Å². The van der Waals surface area contributed by atoms with Gasteiger partial charge in [-0.05, 0) is 36.0 Å². The smallest absolute Gasteiger partial charge is 0.316 e. The van der Waals surface area contributed by atoms with Crippen LogP contribution in [0.15, 0.2) is 35.9 Å². The number of Topliss-reactive ketones (excluding diaryl/α,β-unsaturated/α-hetero) is 1. The van der Waals surface area contributed by atoms with Gasteiger partial charge >= 0.3 is 5.97 Å². The lowest BCUT2D eigenvalue weighted by atomic mass is 9.55. The van der Waals surface area contributed by atoms with Gasteiger partial charge in [0.15, 0.2) is 5.78 Å². The molecule has 6 heteroatoms. The zero-order valence-electron chi connectivity index (χ0n) is 17.0. The Bertz CT molecular complexity index is 950. The first-order valence-corrected chi connectivity index (χ1v) is 10.1. The average molecular weight is 395 g/mol. The minimum Gasteiger partial charge on any atom is -0.465 e. The third kappa shape index (κ3) is 2.28. The number of benzene rings is 1. The number of fused-ring (bicyclic) bond motifs is 4. The number of nitrogens with zero attached hydrogens (tertiary/aromatic N) is 1. The van der Waals surface area contributed by atoms with E-state index in [1.54, 1.807) is 18.9 Å². The number of amides is 1. The van der Waals surface area contributed by atoms with E-state index >= 15 is 0 Å². The van der Waals surface area contributed by atoms with E-state index in [-0.39, 0.29) is 30.1 Å². The Hall–Kier alpha value is -2.76. The minimum atomic E-state index is -1.19. The maximum atomic E-state index is 13.7. The summed E-state index contributed by atoms with van der Waals surface area (Å²) in [4.78, 5) is 53.5. The molecule has 0 radical (unpaired) electrons. The van der Waals surface area contributed by atoms with Gasteiger partial charge in [-0.3, -0.25) is 19.2 Å². The lowest BCUT2D eigenvalue weighted by molar-refractivity contribution is -0.153. The second-order valence-electron chi connectivity index (χ2n) is 8.30. The predicted octanol–water partition coefficient (Wildman–Crippen LogP) is 2.31. The van der Waals surface area contributed by atoms with E-state index in [1.807, 2.05) is 44.2 Å². The molecule has 3 aliphatic rings. The molecule has 1 amide bonds. The van der Waals surface area contributed by atoms with Gasteiger partial charge in [-0.15, -0.1) is 0 Å². The summed E-state index contributed by atoms with van der Waals surface area (Å²) in [6, 6.07) is 7.42. The van der Waals surface area contributed by atoms with Crippen LogP contribution in [0.1, 0.15) is 26.3 Å². The molecule has 4 rings (SSSR count). The van der Waals surface area contributed by atoms with Crippen molar-refractivity contribution in [3.63, 3.8) is 0 Å². The van der Waals surface area contributed by atoms with Gasteiger partial charge in [0.2, 0.25) is 5.91 Å². The fourth-order valence-corrected chi connectivity index (χ4v) is 5.88. The van der Waals surface area contributed by atoms with Crippen molar-refractivity contribution in [2.45, 2.75) is 26.2 Å². The topological polar surface area (TPSA) is 80.8 Å². The number of ketones is 1. The monoisotopic (exact) mass is 395 g/mol. The zero-order valence-corrected chi connectivity index (χ0v) is 17.0. The van der Waals surface area contributed by atoms with Crippen molar-refractivity contribution in [2.24, 2.45) is 29.6 Å². The van der Waals surface area contributed by atoms with Gasteiger partial charge in [-0.25, -0.2) is 0 Å². The van der Waals surface area contributed by atoms with E-state index in [2.05, 4.69) is 0 Å². The summed E-state index contributed by atoms with van der Waals surface area (Å²) in [6.07, 6.45) is 2.59. The molecule has 1 aromatic carbocycles. The van der Waals surface area contributed by atoms with Gasteiger partial charge in [0.25, 0.3) is 0 Å². The summed E-state index contributed by atoms with van der Waals surface area (Å²) in [5, 5.41) is 0. The third-order valence-corrected chi connectivity index (χ3v) is 7.24. The van der Waals surface area contributed by atoms with Crippen LogP contribution in [0.4, 0.5) is 5.69 Å². The molecule has 1 aromatic rings. The number of anilines is 1. The lowest BCUT2D eigenvalue weighted by Crippen LogP contribution is -2.55. The van der Waals surface area contributed by atoms with Crippen LogP contribution >= 0.6 is 0 Å². The summed E-state index contributed by atoms with van der Waals surface area (Å²) in [5.41, 5.74) is 0.824. The van der Waals surface area contributed by atoms with E-state index in [0.717, 1.165) is 17.5 Å². The Morgan fingerprint density at radius 3 is 2.59 bits per heavy atom. The minimum absolute atomic E-state index is 0.187. The number of carbonyl (C=O) groups excluding carboxylic acids is 4. The average Bonchev–Trinajstić information content (AvgIpc) is 3.09. The molecule has 1 heterocycles. The van der Waals surface area contributed by atoms with Crippen LogP contribution in [0.5, 0.6) is 0 Å². The molecule has 0 N–H and O–H groups in total. The second-order valence-corrected chi connectivity index (χ2v) is 8.30. The molecule has 0 aromatic heterocycles. The number of aldehydes is 1. The molecule has 0 unspecified atom stereocenters. The molecule has 0 saturated heterocycles. The van der Waals surface area contributed by atoms with E-state index in [4.69, 9.17) is 4.74 Å². The number of allylic oxidation sites excluding steroid dienone is 2. The number of hydrogen-bond donors (Lipinski definition) is 0. The lowest BCUT2D eigenvalue weighted by Gasteiger charge is -2.44. The molecule has 6 nitrogen and oxygen atoms in total. The summed E-state index contributed by atoms with van der Waals surface area (Å²) in [7, 11) is 1.70. The molecule has 1 fully saturated rings. The molecular weight excluding hydrogens is 370 g/mol. The first kappa shape index (κ1) is 19.6. The quantitative estimate of drug-likeness (QED) is 0.446. The van der Waals surface area contributed by atoms with Gasteiger partial charge in [0.1, 0.15) is 12.2 Å². The fraction of sp³-hybridized carbons (Fsp3) is 0.478. The standard InChI is InChI=1S/C23H25NO5/c1-5-29-21(27)18-12(2)15-10-14(11-25)13(3)23(19(15)20(18)26)16-8-6-7-9-17(16)24(4)22(23)28/h6-13,15,18-19H,5H2,1-4H3/t12-,13-,15-,18+,19+,23-/m1/s1. The van der Waals surface area contributed by atoms with Crippen molar-refractivity contribution < 1.29 is 23.9 Å². The van der Waals surface area contributed by atoms with Crippen LogP contribution < -0.4 is 4.90 Å². The van der Waals surface area contributed by atoms with Gasteiger partial charge < -0.3 is 9.64 Å². The van der Waals surface area contributed by atoms with Crippen LogP contribution in [-0.2, 0) is 29.3 Å². The van der Waals surface area contributed by atoms with E-state index < -0.39 is 29.1 Å².